The molecule has 6 nitrogen and oxygen atoms in total. The van der Waals surface area contributed by atoms with Crippen LogP contribution in [0.3, 0.4) is 0 Å². The predicted octanol–water partition coefficient (Wildman–Crippen LogP) is 6.83. The highest BCUT2D eigenvalue weighted by atomic mass is 35.5. The van der Waals surface area contributed by atoms with Crippen LogP contribution in [0.1, 0.15) is 33.3 Å². The van der Waals surface area contributed by atoms with Gasteiger partial charge in [0.1, 0.15) is 11.3 Å². The average Bonchev–Trinajstić information content (AvgIpc) is 2.85. The summed E-state index contributed by atoms with van der Waals surface area (Å²) in [6.07, 6.45) is -1.01. The molecule has 186 valence electrons. The van der Waals surface area contributed by atoms with Gasteiger partial charge < -0.3 is 19.2 Å². The summed E-state index contributed by atoms with van der Waals surface area (Å²) in [5, 5.41) is 3.45. The van der Waals surface area contributed by atoms with E-state index in [4.69, 9.17) is 25.5 Å². The molecule has 0 spiro atoms. The Morgan fingerprint density at radius 2 is 1.72 bits per heavy atom. The van der Waals surface area contributed by atoms with Crippen LogP contribution < -0.4 is 20.2 Å². The van der Waals surface area contributed by atoms with Crippen LogP contribution in [-0.4, -0.2) is 19.1 Å². The molecule has 1 N–H and O–H groups in total. The van der Waals surface area contributed by atoms with Crippen LogP contribution in [0.15, 0.2) is 75.9 Å². The Bertz CT molecular complexity index is 1470. The van der Waals surface area contributed by atoms with Crippen LogP contribution in [0.2, 0.25) is 5.02 Å². The number of methoxy groups -OCH3 is 1. The standard InChI is InChI=1S/C29H28ClNO5/c1-17(28(33)31-22-8-6-7-9-24(22)34-5)35-27-25(32)21-16-20(30)14-15-23(21)36-26(27)18-10-12-19(13-11-18)29(2,3)4/h6-17H,1-5H3,(H,31,33). The maximum Gasteiger partial charge on any atom is 0.265 e. The number of halogens is 1. The summed E-state index contributed by atoms with van der Waals surface area (Å²) in [6, 6.07) is 19.6. The molecule has 4 aromatic rings. The maximum absolute atomic E-state index is 13.5. The number of hydrogen-bond acceptors (Lipinski definition) is 5. The highest BCUT2D eigenvalue weighted by Crippen LogP contribution is 2.34. The van der Waals surface area contributed by atoms with E-state index in [1.165, 1.54) is 13.2 Å². The zero-order valence-electron chi connectivity index (χ0n) is 20.8. The fourth-order valence-electron chi connectivity index (χ4n) is 3.78. The van der Waals surface area contributed by atoms with Crippen molar-refractivity contribution in [3.05, 3.63) is 87.5 Å². The third-order valence-corrected chi connectivity index (χ3v) is 6.09. The SMILES string of the molecule is COc1ccccc1NC(=O)C(C)Oc1c(-c2ccc(C(C)(C)C)cc2)oc2ccc(Cl)cc2c1=O. The molecule has 1 amide bonds. The number of ether oxygens (including phenoxy) is 2. The van der Waals surface area contributed by atoms with E-state index in [0.717, 1.165) is 5.56 Å². The Balaban J connectivity index is 1.75. The minimum atomic E-state index is -1.01. The second-order valence-electron chi connectivity index (χ2n) is 9.51. The van der Waals surface area contributed by atoms with Gasteiger partial charge in [0, 0.05) is 10.6 Å². The van der Waals surface area contributed by atoms with Crippen molar-refractivity contribution in [2.24, 2.45) is 0 Å². The van der Waals surface area contributed by atoms with Gasteiger partial charge in [-0.05, 0) is 48.2 Å². The summed E-state index contributed by atoms with van der Waals surface area (Å²) in [6.45, 7) is 7.94. The van der Waals surface area contributed by atoms with Gasteiger partial charge in [-0.1, -0.05) is 68.8 Å². The minimum absolute atomic E-state index is 0.0378. The number of rotatable bonds is 6. The molecule has 0 saturated carbocycles. The molecule has 3 aromatic carbocycles. The molecule has 36 heavy (non-hydrogen) atoms. The lowest BCUT2D eigenvalue weighted by Crippen LogP contribution is -2.32. The average molecular weight is 506 g/mol. The third kappa shape index (κ3) is 5.24. The maximum atomic E-state index is 13.5. The molecule has 1 heterocycles. The number of fused-ring (bicyclic) bond motifs is 1. The highest BCUT2D eigenvalue weighted by molar-refractivity contribution is 6.31. The Hall–Kier alpha value is -3.77. The monoisotopic (exact) mass is 505 g/mol. The lowest BCUT2D eigenvalue weighted by atomic mass is 9.86. The summed E-state index contributed by atoms with van der Waals surface area (Å²) in [5.41, 5.74) is 2.21. The van der Waals surface area contributed by atoms with Crippen molar-refractivity contribution in [1.29, 1.82) is 0 Å². The number of amides is 1. The highest BCUT2D eigenvalue weighted by Gasteiger charge is 2.24. The topological polar surface area (TPSA) is 77.8 Å². The fourth-order valence-corrected chi connectivity index (χ4v) is 3.95. The number of nitrogens with one attached hydrogen (secondary N) is 1. The van der Waals surface area contributed by atoms with Crippen molar-refractivity contribution in [3.8, 4) is 22.8 Å². The molecule has 0 aliphatic heterocycles. The van der Waals surface area contributed by atoms with Gasteiger partial charge in [-0.25, -0.2) is 0 Å². The van der Waals surface area contributed by atoms with Crippen LogP contribution in [0.4, 0.5) is 5.69 Å². The Kier molecular flexibility index (Phi) is 7.09. The van der Waals surface area contributed by atoms with Crippen LogP contribution in [-0.2, 0) is 10.2 Å². The molecular formula is C29H28ClNO5. The Morgan fingerprint density at radius 1 is 1.03 bits per heavy atom. The normalized spacial score (nSPS) is 12.3. The van der Waals surface area contributed by atoms with E-state index in [9.17, 15) is 9.59 Å². The number of carbonyl (C=O) groups excluding carboxylic acids is 1. The van der Waals surface area contributed by atoms with Gasteiger partial charge in [-0.2, -0.15) is 0 Å². The molecule has 0 bridgehead atoms. The summed E-state index contributed by atoms with van der Waals surface area (Å²) in [7, 11) is 1.52. The number of benzene rings is 3. The van der Waals surface area contributed by atoms with E-state index in [2.05, 4.69) is 26.1 Å². The third-order valence-electron chi connectivity index (χ3n) is 5.85. The number of hydrogen-bond donors (Lipinski definition) is 1. The van der Waals surface area contributed by atoms with Gasteiger partial charge in [0.05, 0.1) is 18.2 Å². The Morgan fingerprint density at radius 3 is 2.39 bits per heavy atom. The number of carbonyl (C=O) groups is 1. The number of para-hydroxylation sites is 2. The quantitative estimate of drug-likeness (QED) is 0.311. The van der Waals surface area contributed by atoms with Gasteiger partial charge in [-0.15, -0.1) is 0 Å². The van der Waals surface area contributed by atoms with Crippen LogP contribution in [0.5, 0.6) is 11.5 Å². The van der Waals surface area contributed by atoms with Gasteiger partial charge in [-0.3, -0.25) is 9.59 Å². The molecule has 0 saturated heterocycles. The smallest absolute Gasteiger partial charge is 0.265 e. The zero-order chi connectivity index (χ0) is 26.0. The first-order valence-corrected chi connectivity index (χ1v) is 11.9. The van der Waals surface area contributed by atoms with Crippen molar-refractivity contribution < 1.29 is 18.7 Å². The molecule has 1 aromatic heterocycles. The van der Waals surface area contributed by atoms with Gasteiger partial charge in [0.15, 0.2) is 11.9 Å². The lowest BCUT2D eigenvalue weighted by molar-refractivity contribution is -0.122. The summed E-state index contributed by atoms with van der Waals surface area (Å²) in [4.78, 5) is 26.5. The van der Waals surface area contributed by atoms with E-state index in [1.54, 1.807) is 43.3 Å². The van der Waals surface area contributed by atoms with E-state index >= 15 is 0 Å². The molecule has 0 fully saturated rings. The molecule has 7 heteroatoms. The predicted molar refractivity (Wildman–Crippen MR) is 143 cm³/mol. The second-order valence-corrected chi connectivity index (χ2v) is 9.94. The summed E-state index contributed by atoms with van der Waals surface area (Å²) < 4.78 is 17.4. The molecule has 4 rings (SSSR count). The van der Waals surface area contributed by atoms with Crippen LogP contribution >= 0.6 is 11.6 Å². The van der Waals surface area contributed by atoms with E-state index in [-0.39, 0.29) is 22.3 Å². The summed E-state index contributed by atoms with van der Waals surface area (Å²) in [5.74, 6) is 0.250. The first kappa shape index (κ1) is 25.3. The largest absolute Gasteiger partial charge is 0.495 e. The van der Waals surface area contributed by atoms with Crippen molar-refractivity contribution in [2.45, 2.75) is 39.2 Å². The number of anilines is 1. The van der Waals surface area contributed by atoms with Crippen molar-refractivity contribution in [2.75, 3.05) is 12.4 Å². The van der Waals surface area contributed by atoms with Gasteiger partial charge >= 0.3 is 0 Å². The molecule has 1 atom stereocenters. The molecular weight excluding hydrogens is 478 g/mol. The zero-order valence-corrected chi connectivity index (χ0v) is 21.6. The van der Waals surface area contributed by atoms with Crippen molar-refractivity contribution in [3.63, 3.8) is 0 Å². The Labute approximate surface area is 214 Å². The molecule has 0 aliphatic rings. The van der Waals surface area contributed by atoms with E-state index in [0.29, 0.717) is 27.6 Å². The first-order chi connectivity index (χ1) is 17.1. The van der Waals surface area contributed by atoms with Crippen LogP contribution in [0, 0.1) is 0 Å². The summed E-state index contributed by atoms with van der Waals surface area (Å²) >= 11 is 6.14. The second kappa shape index (κ2) is 10.1. The van der Waals surface area contributed by atoms with Crippen molar-refractivity contribution >= 4 is 34.2 Å². The lowest BCUT2D eigenvalue weighted by Gasteiger charge is -2.20. The molecule has 0 radical (unpaired) electrons. The van der Waals surface area contributed by atoms with Gasteiger partial charge in [0.25, 0.3) is 5.91 Å². The van der Waals surface area contributed by atoms with Gasteiger partial charge in [0.2, 0.25) is 11.2 Å². The molecule has 0 aliphatic carbocycles. The fraction of sp³-hybridized carbons (Fsp3) is 0.241. The van der Waals surface area contributed by atoms with E-state index < -0.39 is 17.4 Å². The molecule has 1 unspecified atom stereocenters. The van der Waals surface area contributed by atoms with E-state index in [1.807, 2.05) is 24.3 Å². The van der Waals surface area contributed by atoms with Crippen LogP contribution in [0.25, 0.3) is 22.3 Å². The van der Waals surface area contributed by atoms with Crippen molar-refractivity contribution in [1.82, 2.24) is 0 Å². The first-order valence-electron chi connectivity index (χ1n) is 11.6. The minimum Gasteiger partial charge on any atom is -0.495 e.